The molecule has 0 fully saturated rings. The zero-order valence-electron chi connectivity index (χ0n) is 12.4. The minimum Gasteiger partial charge on any atom is -0.296 e. The van der Waals surface area contributed by atoms with Crippen molar-refractivity contribution < 1.29 is 30.9 Å². The molecule has 0 aliphatic carbocycles. The highest BCUT2D eigenvalue weighted by Gasteiger charge is 2.38. The van der Waals surface area contributed by atoms with E-state index in [1.807, 2.05) is 0 Å². The summed E-state index contributed by atoms with van der Waals surface area (Å²) < 4.78 is 82.3. The second-order valence-corrected chi connectivity index (χ2v) is 5.13. The van der Waals surface area contributed by atoms with Crippen LogP contribution in [0.5, 0.6) is 0 Å². The summed E-state index contributed by atoms with van der Waals surface area (Å²) >= 11 is 0. The minimum atomic E-state index is -5.01. The van der Waals surface area contributed by atoms with Gasteiger partial charge in [0.2, 0.25) is 5.82 Å². The Morgan fingerprint density at radius 1 is 0.962 bits per heavy atom. The number of nitrogens with zero attached hydrogens (tertiary/aromatic N) is 2. The second kappa shape index (κ2) is 6.00. The zero-order valence-corrected chi connectivity index (χ0v) is 12.4. The molecule has 0 unspecified atom stereocenters. The molecule has 1 N–H and O–H groups in total. The molecule has 2 heterocycles. The van der Waals surface area contributed by atoms with Gasteiger partial charge in [0.15, 0.2) is 0 Å². The first-order valence-corrected chi connectivity index (χ1v) is 6.87. The number of aromatic amines is 1. The molecule has 26 heavy (non-hydrogen) atoms. The normalized spacial score (nSPS) is 12.4. The summed E-state index contributed by atoms with van der Waals surface area (Å²) in [6, 6.07) is 3.68. The van der Waals surface area contributed by atoms with E-state index in [1.54, 1.807) is 0 Å². The largest absolute Gasteiger partial charge is 0.439 e. The summed E-state index contributed by atoms with van der Waals surface area (Å²) in [5.41, 5.74) is -3.40. The van der Waals surface area contributed by atoms with E-state index < -0.39 is 34.8 Å². The first kappa shape index (κ1) is 17.7. The van der Waals surface area contributed by atoms with Crippen LogP contribution in [-0.4, -0.2) is 15.1 Å². The van der Waals surface area contributed by atoms with E-state index in [-0.39, 0.29) is 23.1 Å². The average molecular weight is 375 g/mol. The summed E-state index contributed by atoms with van der Waals surface area (Å²) in [6.07, 6.45) is -8.79. The van der Waals surface area contributed by atoms with Crippen molar-refractivity contribution in [3.63, 3.8) is 0 Å². The predicted octanol–water partition coefficient (Wildman–Crippen LogP) is 4.13. The van der Waals surface area contributed by atoms with Gasteiger partial charge in [0.1, 0.15) is 5.69 Å². The van der Waals surface area contributed by atoms with Gasteiger partial charge in [0.05, 0.1) is 11.1 Å². The van der Waals surface area contributed by atoms with Crippen molar-refractivity contribution in [1.29, 1.82) is 0 Å². The molecule has 0 radical (unpaired) electrons. The first-order valence-electron chi connectivity index (χ1n) is 6.87. The number of halogens is 6. The van der Waals surface area contributed by atoms with Crippen LogP contribution in [0.1, 0.15) is 11.1 Å². The van der Waals surface area contributed by atoms with Gasteiger partial charge in [0.25, 0.3) is 0 Å². The molecule has 3 aromatic rings. The summed E-state index contributed by atoms with van der Waals surface area (Å²) in [5, 5.41) is 3.36. The van der Waals surface area contributed by atoms with Crippen LogP contribution >= 0.6 is 0 Å². The zero-order chi connectivity index (χ0) is 19.1. The topological polar surface area (TPSA) is 71.8 Å². The van der Waals surface area contributed by atoms with Gasteiger partial charge in [-0.05, 0) is 35.4 Å². The average Bonchev–Trinajstić information content (AvgIpc) is 2.99. The Morgan fingerprint density at radius 3 is 2.27 bits per heavy atom. The number of alkyl halides is 6. The van der Waals surface area contributed by atoms with Crippen LogP contribution in [0.4, 0.5) is 26.3 Å². The van der Waals surface area contributed by atoms with Gasteiger partial charge in [-0.1, -0.05) is 11.2 Å². The third-order valence-electron chi connectivity index (χ3n) is 3.41. The molecule has 0 amide bonds. The fourth-order valence-electron chi connectivity index (χ4n) is 2.27. The fraction of sp³-hybridized carbons (Fsp3) is 0.133. The van der Waals surface area contributed by atoms with Gasteiger partial charge in [-0.25, -0.2) is 4.79 Å². The number of aromatic nitrogens is 3. The lowest BCUT2D eigenvalue weighted by atomic mass is 9.97. The summed E-state index contributed by atoms with van der Waals surface area (Å²) in [6.45, 7) is 0. The Kier molecular flexibility index (Phi) is 4.09. The maximum Gasteiger partial charge on any atom is 0.439 e. The quantitative estimate of drug-likeness (QED) is 0.684. The van der Waals surface area contributed by atoms with Crippen LogP contribution in [0, 0.1) is 0 Å². The van der Waals surface area contributed by atoms with Gasteiger partial charge >= 0.3 is 18.1 Å². The highest BCUT2D eigenvalue weighted by Crippen LogP contribution is 2.41. The van der Waals surface area contributed by atoms with E-state index in [0.717, 1.165) is 18.3 Å². The van der Waals surface area contributed by atoms with Gasteiger partial charge in [-0.2, -0.15) is 26.3 Å². The maximum absolute atomic E-state index is 13.3. The summed E-state index contributed by atoms with van der Waals surface area (Å²) in [7, 11) is 0. The molecular formula is C15H7F6N3O2. The van der Waals surface area contributed by atoms with Crippen LogP contribution in [0.25, 0.3) is 22.6 Å². The number of nitrogens with one attached hydrogen (secondary N) is 1. The number of hydrogen-bond acceptors (Lipinski definition) is 4. The molecule has 0 spiro atoms. The molecule has 0 bridgehead atoms. The van der Waals surface area contributed by atoms with Gasteiger partial charge in [-0.15, -0.1) is 0 Å². The van der Waals surface area contributed by atoms with Crippen molar-refractivity contribution in [3.05, 3.63) is 58.2 Å². The molecule has 0 aliphatic rings. The lowest BCUT2D eigenvalue weighted by Gasteiger charge is -2.16. The van der Waals surface area contributed by atoms with E-state index in [4.69, 9.17) is 0 Å². The summed E-state index contributed by atoms with van der Waals surface area (Å²) in [5.74, 6) is -1.02. The second-order valence-electron chi connectivity index (χ2n) is 5.13. The highest BCUT2D eigenvalue weighted by atomic mass is 19.4. The molecular weight excluding hydrogens is 368 g/mol. The van der Waals surface area contributed by atoms with Crippen LogP contribution in [0.15, 0.2) is 45.8 Å². The Hall–Kier alpha value is -3.11. The third-order valence-corrected chi connectivity index (χ3v) is 3.41. The lowest BCUT2D eigenvalue weighted by molar-refractivity contribution is -0.142. The number of hydrogen-bond donors (Lipinski definition) is 1. The van der Waals surface area contributed by atoms with Crippen molar-refractivity contribution in [2.75, 3.05) is 0 Å². The Bertz CT molecular complexity index is 1000. The van der Waals surface area contributed by atoms with E-state index in [0.29, 0.717) is 6.07 Å². The van der Waals surface area contributed by atoms with Crippen molar-refractivity contribution in [1.82, 2.24) is 15.1 Å². The van der Waals surface area contributed by atoms with Crippen molar-refractivity contribution in [2.45, 2.75) is 12.4 Å². The monoisotopic (exact) mass is 375 g/mol. The van der Waals surface area contributed by atoms with Gasteiger partial charge < -0.3 is 0 Å². The number of benzene rings is 1. The van der Waals surface area contributed by atoms with Gasteiger partial charge in [0, 0.05) is 6.20 Å². The molecule has 11 heteroatoms. The molecule has 0 saturated carbocycles. The molecule has 3 rings (SSSR count). The lowest BCUT2D eigenvalue weighted by Crippen LogP contribution is -2.12. The number of H-pyrrole nitrogens is 1. The molecule has 5 nitrogen and oxygen atoms in total. The molecule has 0 atom stereocenters. The maximum atomic E-state index is 13.3. The molecule has 1 aromatic carbocycles. The van der Waals surface area contributed by atoms with Crippen LogP contribution < -0.4 is 5.76 Å². The Balaban J connectivity index is 2.16. The highest BCUT2D eigenvalue weighted by molar-refractivity contribution is 5.71. The molecule has 0 saturated heterocycles. The molecule has 136 valence electrons. The molecule has 2 aromatic heterocycles. The minimum absolute atomic E-state index is 0.0126. The van der Waals surface area contributed by atoms with Crippen molar-refractivity contribution in [2.24, 2.45) is 0 Å². The number of pyridine rings is 1. The van der Waals surface area contributed by atoms with E-state index >= 15 is 0 Å². The van der Waals surface area contributed by atoms with E-state index in [9.17, 15) is 31.1 Å². The Labute approximate surface area is 140 Å². The number of rotatable bonds is 2. The van der Waals surface area contributed by atoms with E-state index in [2.05, 4.69) is 19.6 Å². The Morgan fingerprint density at radius 2 is 1.69 bits per heavy atom. The van der Waals surface area contributed by atoms with Crippen LogP contribution in [0.3, 0.4) is 0 Å². The van der Waals surface area contributed by atoms with E-state index in [1.165, 1.54) is 6.07 Å². The van der Waals surface area contributed by atoms with Gasteiger partial charge in [-0.3, -0.25) is 14.5 Å². The summed E-state index contributed by atoms with van der Waals surface area (Å²) in [4.78, 5) is 17.0. The first-order chi connectivity index (χ1) is 12.1. The third kappa shape index (κ3) is 3.46. The SMILES string of the molecule is O=c1[nH]c(-c2cc(-c3ccc(C(F)(F)F)cc3C(F)(F)F)ccn2)no1. The predicted molar refractivity (Wildman–Crippen MR) is 75.8 cm³/mol. The molecule has 0 aliphatic heterocycles. The standard InChI is InChI=1S/C15H7F6N3O2/c16-14(17,18)8-1-2-9(10(6-8)15(19,20)21)7-3-4-22-11(5-7)12-23-13(25)26-24-12/h1-6H,(H,23,24,25). The van der Waals surface area contributed by atoms with Crippen molar-refractivity contribution in [3.8, 4) is 22.6 Å². The van der Waals surface area contributed by atoms with Crippen molar-refractivity contribution >= 4 is 0 Å². The fourth-order valence-corrected chi connectivity index (χ4v) is 2.27. The smallest absolute Gasteiger partial charge is 0.296 e. The van der Waals surface area contributed by atoms with Crippen LogP contribution in [0.2, 0.25) is 0 Å². The van der Waals surface area contributed by atoms with Crippen LogP contribution in [-0.2, 0) is 12.4 Å².